The van der Waals surface area contributed by atoms with Gasteiger partial charge in [-0.05, 0) is 67.4 Å². The van der Waals surface area contributed by atoms with Crippen LogP contribution in [0.25, 0.3) is 10.9 Å². The van der Waals surface area contributed by atoms with Crippen LogP contribution in [0.5, 0.6) is 5.75 Å². The fourth-order valence-corrected chi connectivity index (χ4v) is 2.76. The molecule has 1 N–H and O–H groups in total. The van der Waals surface area contributed by atoms with Gasteiger partial charge in [0, 0.05) is 18.7 Å². The largest absolute Gasteiger partial charge is 0.494 e. The van der Waals surface area contributed by atoms with E-state index < -0.39 is 0 Å². The molecule has 4 nitrogen and oxygen atoms in total. The first kappa shape index (κ1) is 18.1. The number of aromatic nitrogens is 1. The summed E-state index contributed by atoms with van der Waals surface area (Å²) in [5, 5.41) is 0.800. The van der Waals surface area contributed by atoms with Gasteiger partial charge in [0.1, 0.15) is 17.4 Å². The molecule has 0 bridgehead atoms. The van der Waals surface area contributed by atoms with Crippen LogP contribution >= 0.6 is 0 Å². The molecule has 136 valence electrons. The number of rotatable bonds is 7. The summed E-state index contributed by atoms with van der Waals surface area (Å²) < 4.78 is 31.6. The second-order valence-electron chi connectivity index (χ2n) is 6.25. The van der Waals surface area contributed by atoms with Gasteiger partial charge in [0.15, 0.2) is 0 Å². The van der Waals surface area contributed by atoms with Crippen LogP contribution in [-0.4, -0.2) is 30.1 Å². The number of fused-ring (bicyclic) bond motifs is 1. The first-order valence-electron chi connectivity index (χ1n) is 8.39. The first-order chi connectivity index (χ1) is 12.5. The summed E-state index contributed by atoms with van der Waals surface area (Å²) in [7, 11) is 1.92. The van der Waals surface area contributed by atoms with E-state index in [1.165, 1.54) is 24.3 Å². The molecule has 0 amide bonds. The van der Waals surface area contributed by atoms with Gasteiger partial charge in [-0.15, -0.1) is 0 Å². The number of ether oxygens (including phenoxy) is 1. The molecule has 0 saturated carbocycles. The number of nitrogens with one attached hydrogen (secondary N) is 1. The van der Waals surface area contributed by atoms with Crippen molar-refractivity contribution in [3.63, 3.8) is 0 Å². The Bertz CT molecular complexity index is 939. The van der Waals surface area contributed by atoms with E-state index in [9.17, 15) is 13.6 Å². The number of H-pyrrole nitrogens is 1. The monoisotopic (exact) mass is 358 g/mol. The van der Waals surface area contributed by atoms with E-state index in [1.54, 1.807) is 24.3 Å². The van der Waals surface area contributed by atoms with Crippen LogP contribution in [0, 0.1) is 11.6 Å². The summed E-state index contributed by atoms with van der Waals surface area (Å²) in [5.74, 6) is -0.0353. The number of hydrogen-bond acceptors (Lipinski definition) is 3. The Morgan fingerprint density at radius 3 is 2.54 bits per heavy atom. The molecule has 0 saturated heterocycles. The Morgan fingerprint density at radius 2 is 1.77 bits per heavy atom. The number of pyridine rings is 1. The topological polar surface area (TPSA) is 45.3 Å². The van der Waals surface area contributed by atoms with E-state index in [0.29, 0.717) is 30.0 Å². The molecular formula is C20H20F2N2O2. The van der Waals surface area contributed by atoms with Crippen molar-refractivity contribution in [2.75, 3.05) is 20.2 Å². The molecule has 0 aliphatic rings. The SMILES string of the molecule is CN(CCCOc1ccc(F)cc1)Cc1cc2ccc(F)cc2[nH]c1=O. The predicted molar refractivity (Wildman–Crippen MR) is 97.4 cm³/mol. The van der Waals surface area contributed by atoms with Gasteiger partial charge in [-0.25, -0.2) is 8.78 Å². The lowest BCUT2D eigenvalue weighted by molar-refractivity contribution is 0.258. The molecule has 3 rings (SSSR count). The van der Waals surface area contributed by atoms with Crippen LogP contribution in [0.2, 0.25) is 0 Å². The molecule has 0 atom stereocenters. The molecule has 1 aromatic heterocycles. The van der Waals surface area contributed by atoms with E-state index >= 15 is 0 Å². The van der Waals surface area contributed by atoms with E-state index in [0.717, 1.165) is 18.4 Å². The van der Waals surface area contributed by atoms with Crippen LogP contribution in [0.1, 0.15) is 12.0 Å². The third kappa shape index (κ3) is 4.67. The fourth-order valence-electron chi connectivity index (χ4n) is 2.76. The number of benzene rings is 2. The Hall–Kier alpha value is -2.73. The Kier molecular flexibility index (Phi) is 5.63. The van der Waals surface area contributed by atoms with Crippen molar-refractivity contribution in [3.05, 3.63) is 76.1 Å². The fraction of sp³-hybridized carbons (Fsp3) is 0.250. The van der Waals surface area contributed by atoms with Gasteiger partial charge in [0.2, 0.25) is 0 Å². The standard InChI is InChI=1S/C20H20F2N2O2/c1-24(9-2-10-26-18-7-5-16(21)6-8-18)13-15-11-14-3-4-17(22)12-19(14)23-20(15)25/h3-8,11-12H,2,9-10,13H2,1H3,(H,23,25). The van der Waals surface area contributed by atoms with Crippen LogP contribution < -0.4 is 10.3 Å². The van der Waals surface area contributed by atoms with Gasteiger partial charge in [0.25, 0.3) is 5.56 Å². The molecule has 2 aromatic carbocycles. The average molecular weight is 358 g/mol. The van der Waals surface area contributed by atoms with E-state index in [4.69, 9.17) is 4.74 Å². The molecule has 0 aliphatic heterocycles. The minimum atomic E-state index is -0.376. The van der Waals surface area contributed by atoms with Crippen molar-refractivity contribution >= 4 is 10.9 Å². The minimum Gasteiger partial charge on any atom is -0.494 e. The Labute approximate surface area is 150 Å². The lowest BCUT2D eigenvalue weighted by Gasteiger charge is -2.16. The zero-order valence-corrected chi connectivity index (χ0v) is 14.5. The normalized spacial score (nSPS) is 11.2. The molecule has 0 spiro atoms. The van der Waals surface area contributed by atoms with Crippen LogP contribution in [-0.2, 0) is 6.54 Å². The lowest BCUT2D eigenvalue weighted by Crippen LogP contribution is -2.25. The highest BCUT2D eigenvalue weighted by Gasteiger charge is 2.07. The van der Waals surface area contributed by atoms with Gasteiger partial charge < -0.3 is 14.6 Å². The van der Waals surface area contributed by atoms with E-state index in [2.05, 4.69) is 4.98 Å². The van der Waals surface area contributed by atoms with Gasteiger partial charge in [-0.3, -0.25) is 4.79 Å². The summed E-state index contributed by atoms with van der Waals surface area (Å²) in [6, 6.07) is 12.0. The van der Waals surface area contributed by atoms with Crippen LogP contribution in [0.15, 0.2) is 53.3 Å². The second kappa shape index (κ2) is 8.10. The molecule has 0 radical (unpaired) electrons. The second-order valence-corrected chi connectivity index (χ2v) is 6.25. The summed E-state index contributed by atoms with van der Waals surface area (Å²) in [5.41, 5.74) is 0.915. The van der Waals surface area contributed by atoms with Crippen molar-refractivity contribution in [1.29, 1.82) is 0 Å². The summed E-state index contributed by atoms with van der Waals surface area (Å²) >= 11 is 0. The van der Waals surface area contributed by atoms with Gasteiger partial charge >= 0.3 is 0 Å². The maximum Gasteiger partial charge on any atom is 0.252 e. The zero-order chi connectivity index (χ0) is 18.5. The third-order valence-electron chi connectivity index (χ3n) is 4.09. The molecule has 26 heavy (non-hydrogen) atoms. The number of hydrogen-bond donors (Lipinski definition) is 1. The smallest absolute Gasteiger partial charge is 0.252 e. The summed E-state index contributed by atoms with van der Waals surface area (Å²) in [6.07, 6.45) is 0.768. The van der Waals surface area contributed by atoms with Crippen molar-refractivity contribution in [3.8, 4) is 5.75 Å². The molecule has 3 aromatic rings. The van der Waals surface area contributed by atoms with Gasteiger partial charge in [0.05, 0.1) is 12.1 Å². The first-order valence-corrected chi connectivity index (χ1v) is 8.39. The van der Waals surface area contributed by atoms with Crippen molar-refractivity contribution in [2.24, 2.45) is 0 Å². The quantitative estimate of drug-likeness (QED) is 0.655. The molecule has 1 heterocycles. The van der Waals surface area contributed by atoms with Crippen molar-refractivity contribution in [2.45, 2.75) is 13.0 Å². The molecule has 6 heteroatoms. The highest BCUT2D eigenvalue weighted by molar-refractivity contribution is 5.78. The zero-order valence-electron chi connectivity index (χ0n) is 14.5. The third-order valence-corrected chi connectivity index (χ3v) is 4.09. The number of halogens is 2. The minimum absolute atomic E-state index is 0.211. The van der Waals surface area contributed by atoms with E-state index in [1.807, 2.05) is 11.9 Å². The lowest BCUT2D eigenvalue weighted by atomic mass is 10.1. The Balaban J connectivity index is 1.53. The van der Waals surface area contributed by atoms with Gasteiger partial charge in [-0.1, -0.05) is 0 Å². The van der Waals surface area contributed by atoms with Crippen LogP contribution in [0.3, 0.4) is 0 Å². The maximum absolute atomic E-state index is 13.2. The number of aromatic amines is 1. The summed E-state index contributed by atoms with van der Waals surface area (Å²) in [6.45, 7) is 1.73. The predicted octanol–water partition coefficient (Wildman–Crippen LogP) is 3.71. The van der Waals surface area contributed by atoms with E-state index in [-0.39, 0.29) is 17.2 Å². The van der Waals surface area contributed by atoms with Crippen molar-refractivity contribution < 1.29 is 13.5 Å². The molecule has 0 aliphatic carbocycles. The Morgan fingerprint density at radius 1 is 1.04 bits per heavy atom. The summed E-state index contributed by atoms with van der Waals surface area (Å²) in [4.78, 5) is 16.9. The van der Waals surface area contributed by atoms with Crippen molar-refractivity contribution in [1.82, 2.24) is 9.88 Å². The molecule has 0 unspecified atom stereocenters. The highest BCUT2D eigenvalue weighted by atomic mass is 19.1. The van der Waals surface area contributed by atoms with Gasteiger partial charge in [-0.2, -0.15) is 0 Å². The average Bonchev–Trinajstić information content (AvgIpc) is 2.61. The number of nitrogens with zero attached hydrogens (tertiary/aromatic N) is 1. The molecular weight excluding hydrogens is 338 g/mol. The van der Waals surface area contributed by atoms with Crippen LogP contribution in [0.4, 0.5) is 8.78 Å². The molecule has 0 fully saturated rings. The highest BCUT2D eigenvalue weighted by Crippen LogP contribution is 2.14. The maximum atomic E-state index is 13.2.